The van der Waals surface area contributed by atoms with Crippen LogP contribution in [0, 0.1) is 17.1 Å². The zero-order chi connectivity index (χ0) is 11.4. The second kappa shape index (κ2) is 4.54. The third kappa shape index (κ3) is 2.06. The first-order valence-electron chi connectivity index (χ1n) is 4.88. The van der Waals surface area contributed by atoms with Gasteiger partial charge in [-0.25, -0.2) is 4.39 Å². The van der Waals surface area contributed by atoms with Gasteiger partial charge in [-0.05, 0) is 11.6 Å². The maximum atomic E-state index is 13.0. The predicted molar refractivity (Wildman–Crippen MR) is 58.9 cm³/mol. The molecule has 0 fully saturated rings. The van der Waals surface area contributed by atoms with Crippen molar-refractivity contribution < 1.29 is 4.39 Å². The van der Waals surface area contributed by atoms with Gasteiger partial charge in [-0.1, -0.05) is 30.3 Å². The number of nitrogens with zero attached hydrogens (tertiary/aromatic N) is 2. The lowest BCUT2D eigenvalue weighted by molar-refractivity contribution is 0.620. The van der Waals surface area contributed by atoms with Gasteiger partial charge in [0.1, 0.15) is 5.82 Å². The summed E-state index contributed by atoms with van der Waals surface area (Å²) in [5.41, 5.74) is 2.19. The van der Waals surface area contributed by atoms with Crippen molar-refractivity contribution in [2.24, 2.45) is 0 Å². The predicted octanol–water partition coefficient (Wildman–Crippen LogP) is 2.95. The van der Waals surface area contributed by atoms with Crippen LogP contribution in [0.2, 0.25) is 0 Å². The molecule has 1 aromatic carbocycles. The van der Waals surface area contributed by atoms with E-state index in [4.69, 9.17) is 5.26 Å². The van der Waals surface area contributed by atoms with Crippen molar-refractivity contribution in [1.82, 2.24) is 4.98 Å². The van der Waals surface area contributed by atoms with Gasteiger partial charge in [0.15, 0.2) is 0 Å². The largest absolute Gasteiger partial charge is 0.253 e. The SMILES string of the molecule is N#CCc1cc(F)cnc1-c1ccccc1. The first kappa shape index (κ1) is 10.3. The van der Waals surface area contributed by atoms with Crippen molar-refractivity contribution in [2.45, 2.75) is 6.42 Å². The molecule has 0 saturated heterocycles. The van der Waals surface area contributed by atoms with E-state index in [1.54, 1.807) is 0 Å². The molecule has 0 aliphatic carbocycles. The molecule has 1 heterocycles. The minimum Gasteiger partial charge on any atom is -0.253 e. The molecular weight excluding hydrogens is 203 g/mol. The average Bonchev–Trinajstić information content (AvgIpc) is 2.31. The van der Waals surface area contributed by atoms with Crippen molar-refractivity contribution in [1.29, 1.82) is 5.26 Å². The normalized spacial score (nSPS) is 9.75. The highest BCUT2D eigenvalue weighted by molar-refractivity contribution is 5.63. The molecule has 0 unspecified atom stereocenters. The fraction of sp³-hybridized carbons (Fsp3) is 0.0769. The summed E-state index contributed by atoms with van der Waals surface area (Å²) in [6.45, 7) is 0. The second-order valence-corrected chi connectivity index (χ2v) is 3.36. The summed E-state index contributed by atoms with van der Waals surface area (Å²) < 4.78 is 13.0. The third-order valence-corrected chi connectivity index (χ3v) is 2.25. The Bertz CT molecular complexity index is 529. The van der Waals surface area contributed by atoms with Crippen LogP contribution in [0.1, 0.15) is 5.56 Å². The number of pyridine rings is 1. The summed E-state index contributed by atoms with van der Waals surface area (Å²) in [4.78, 5) is 4.04. The van der Waals surface area contributed by atoms with Crippen LogP contribution in [0.5, 0.6) is 0 Å². The maximum Gasteiger partial charge on any atom is 0.141 e. The van der Waals surface area contributed by atoms with E-state index >= 15 is 0 Å². The van der Waals surface area contributed by atoms with Crippen LogP contribution in [-0.4, -0.2) is 4.98 Å². The lowest BCUT2D eigenvalue weighted by Gasteiger charge is -2.05. The molecule has 0 radical (unpaired) electrons. The van der Waals surface area contributed by atoms with E-state index < -0.39 is 5.82 Å². The molecule has 3 heteroatoms. The maximum absolute atomic E-state index is 13.0. The Labute approximate surface area is 93.0 Å². The fourth-order valence-corrected chi connectivity index (χ4v) is 1.56. The molecule has 78 valence electrons. The summed E-state index contributed by atoms with van der Waals surface area (Å²) in [5.74, 6) is -0.412. The van der Waals surface area contributed by atoms with Crippen LogP contribution >= 0.6 is 0 Å². The third-order valence-electron chi connectivity index (χ3n) is 2.25. The van der Waals surface area contributed by atoms with Crippen molar-refractivity contribution in [3.05, 3.63) is 54.0 Å². The first-order valence-corrected chi connectivity index (χ1v) is 4.88. The quantitative estimate of drug-likeness (QED) is 0.767. The number of hydrogen-bond acceptors (Lipinski definition) is 2. The lowest BCUT2D eigenvalue weighted by Crippen LogP contribution is -1.94. The molecule has 0 amide bonds. The minimum absolute atomic E-state index is 0.162. The van der Waals surface area contributed by atoms with Crippen LogP contribution in [0.3, 0.4) is 0 Å². The summed E-state index contributed by atoms with van der Waals surface area (Å²) >= 11 is 0. The highest BCUT2D eigenvalue weighted by Crippen LogP contribution is 2.21. The zero-order valence-electron chi connectivity index (χ0n) is 8.52. The van der Waals surface area contributed by atoms with E-state index in [1.807, 2.05) is 36.4 Å². The molecule has 16 heavy (non-hydrogen) atoms. The molecule has 0 atom stereocenters. The summed E-state index contributed by atoms with van der Waals surface area (Å²) in [7, 11) is 0. The molecule has 0 N–H and O–H groups in total. The molecule has 0 spiro atoms. The van der Waals surface area contributed by atoms with Gasteiger partial charge in [-0.3, -0.25) is 4.98 Å². The Kier molecular flexibility index (Phi) is 2.93. The molecular formula is C13H9FN2. The van der Waals surface area contributed by atoms with E-state index in [1.165, 1.54) is 12.3 Å². The molecule has 0 aliphatic heterocycles. The number of nitriles is 1. The topological polar surface area (TPSA) is 36.7 Å². The van der Waals surface area contributed by atoms with Crippen molar-refractivity contribution in [3.63, 3.8) is 0 Å². The van der Waals surface area contributed by atoms with E-state index in [9.17, 15) is 4.39 Å². The van der Waals surface area contributed by atoms with Gasteiger partial charge < -0.3 is 0 Å². The van der Waals surface area contributed by atoms with Gasteiger partial charge in [0.2, 0.25) is 0 Å². The molecule has 2 nitrogen and oxygen atoms in total. The average molecular weight is 212 g/mol. The Morgan fingerprint density at radius 2 is 2.00 bits per heavy atom. The van der Waals surface area contributed by atoms with Crippen LogP contribution < -0.4 is 0 Å². The number of benzene rings is 1. The van der Waals surface area contributed by atoms with Gasteiger partial charge in [0.05, 0.1) is 24.4 Å². The first-order chi connectivity index (χ1) is 7.81. The van der Waals surface area contributed by atoms with E-state index in [2.05, 4.69) is 4.98 Å². The van der Waals surface area contributed by atoms with Gasteiger partial charge in [-0.15, -0.1) is 0 Å². The van der Waals surface area contributed by atoms with E-state index in [0.29, 0.717) is 11.3 Å². The molecule has 0 bridgehead atoms. The molecule has 2 aromatic rings. The fourth-order valence-electron chi connectivity index (χ4n) is 1.56. The van der Waals surface area contributed by atoms with E-state index in [0.717, 1.165) is 5.56 Å². The summed E-state index contributed by atoms with van der Waals surface area (Å²) in [6, 6.07) is 12.8. The Morgan fingerprint density at radius 1 is 1.25 bits per heavy atom. The molecule has 2 rings (SSSR count). The number of aromatic nitrogens is 1. The Morgan fingerprint density at radius 3 is 2.69 bits per heavy atom. The highest BCUT2D eigenvalue weighted by atomic mass is 19.1. The molecule has 0 aliphatic rings. The Balaban J connectivity index is 2.53. The van der Waals surface area contributed by atoms with Crippen LogP contribution in [0.25, 0.3) is 11.3 Å². The summed E-state index contributed by atoms with van der Waals surface area (Å²) in [6.07, 6.45) is 1.33. The van der Waals surface area contributed by atoms with Gasteiger partial charge in [0.25, 0.3) is 0 Å². The minimum atomic E-state index is -0.412. The second-order valence-electron chi connectivity index (χ2n) is 3.36. The zero-order valence-corrected chi connectivity index (χ0v) is 8.52. The van der Waals surface area contributed by atoms with Gasteiger partial charge in [-0.2, -0.15) is 5.26 Å². The van der Waals surface area contributed by atoms with Gasteiger partial charge in [0, 0.05) is 5.56 Å². The summed E-state index contributed by atoms with van der Waals surface area (Å²) in [5, 5.41) is 8.68. The van der Waals surface area contributed by atoms with Crippen molar-refractivity contribution in [2.75, 3.05) is 0 Å². The standard InChI is InChI=1S/C13H9FN2/c14-12-8-11(6-7-15)13(16-9-12)10-4-2-1-3-5-10/h1-5,8-9H,6H2. The smallest absolute Gasteiger partial charge is 0.141 e. The number of rotatable bonds is 2. The number of halogens is 1. The lowest BCUT2D eigenvalue weighted by atomic mass is 10.0. The van der Waals surface area contributed by atoms with Crippen LogP contribution in [-0.2, 0) is 6.42 Å². The monoisotopic (exact) mass is 212 g/mol. The van der Waals surface area contributed by atoms with Crippen LogP contribution in [0.15, 0.2) is 42.6 Å². The van der Waals surface area contributed by atoms with Crippen molar-refractivity contribution >= 4 is 0 Å². The number of hydrogen-bond donors (Lipinski definition) is 0. The highest BCUT2D eigenvalue weighted by Gasteiger charge is 2.07. The van der Waals surface area contributed by atoms with E-state index in [-0.39, 0.29) is 6.42 Å². The van der Waals surface area contributed by atoms with Gasteiger partial charge >= 0.3 is 0 Å². The molecule has 0 saturated carbocycles. The molecule has 1 aromatic heterocycles. The van der Waals surface area contributed by atoms with Crippen molar-refractivity contribution in [3.8, 4) is 17.3 Å². The van der Waals surface area contributed by atoms with Crippen LogP contribution in [0.4, 0.5) is 4.39 Å². The Hall–Kier alpha value is -2.21.